The van der Waals surface area contributed by atoms with Gasteiger partial charge in [0, 0.05) is 5.56 Å². The molecule has 0 spiro atoms. The highest BCUT2D eigenvalue weighted by Gasteiger charge is 2.18. The Morgan fingerprint density at radius 2 is 1.97 bits per heavy atom. The number of fused-ring (bicyclic) bond motifs is 1. The van der Waals surface area contributed by atoms with Gasteiger partial charge in [0.2, 0.25) is 0 Å². The van der Waals surface area contributed by atoms with Crippen LogP contribution >= 0.6 is 0 Å². The molecule has 156 valence electrons. The summed E-state index contributed by atoms with van der Waals surface area (Å²) in [5, 5.41) is 0.187. The molecule has 4 rings (SSSR count). The number of aromatic nitrogens is 1. The van der Waals surface area contributed by atoms with Crippen molar-refractivity contribution in [3.63, 3.8) is 0 Å². The molecule has 0 saturated heterocycles. The number of aryl methyl sites for hydroxylation is 1. The zero-order valence-electron chi connectivity index (χ0n) is 16.1. The lowest BCUT2D eigenvalue weighted by Crippen LogP contribution is -2.34. The van der Waals surface area contributed by atoms with Crippen LogP contribution in [0.4, 0.5) is 21.5 Å². The molecular formula is C21H16FN5O3S. The second kappa shape index (κ2) is 7.71. The number of hydrogen-bond donors (Lipinski definition) is 4. The summed E-state index contributed by atoms with van der Waals surface area (Å²) in [4.78, 5) is 8.01. The number of nitrogen functional groups attached to an aromatic ring is 1. The van der Waals surface area contributed by atoms with Gasteiger partial charge in [0.15, 0.2) is 0 Å². The molecule has 0 atom stereocenters. The van der Waals surface area contributed by atoms with Crippen LogP contribution in [-0.2, 0) is 10.1 Å². The fraction of sp³-hybridized carbons (Fsp3) is 0.0476. The number of anilines is 3. The molecule has 5 N–H and O–H groups in total. The minimum absolute atomic E-state index is 0.0359. The van der Waals surface area contributed by atoms with Crippen molar-refractivity contribution >= 4 is 32.9 Å². The predicted octanol–water partition coefficient (Wildman–Crippen LogP) is 2.15. The average molecular weight is 437 g/mol. The van der Waals surface area contributed by atoms with E-state index in [0.29, 0.717) is 11.4 Å². The van der Waals surface area contributed by atoms with Crippen molar-refractivity contribution in [2.45, 2.75) is 11.8 Å². The number of nitrogens with two attached hydrogens (primary N) is 1. The van der Waals surface area contributed by atoms with Crippen LogP contribution in [0, 0.1) is 12.7 Å². The summed E-state index contributed by atoms with van der Waals surface area (Å²) >= 11 is 0. The number of pyridine rings is 1. The van der Waals surface area contributed by atoms with E-state index in [0.717, 1.165) is 11.1 Å². The van der Waals surface area contributed by atoms with E-state index in [1.54, 1.807) is 31.3 Å². The van der Waals surface area contributed by atoms with Crippen LogP contribution in [0.25, 0.3) is 17.0 Å². The molecule has 1 aromatic heterocycles. The fourth-order valence-corrected chi connectivity index (χ4v) is 3.78. The number of nitrogens with one attached hydrogen (secondary N) is 2. The molecule has 1 aliphatic rings. The lowest BCUT2D eigenvalue weighted by Gasteiger charge is -2.14. The van der Waals surface area contributed by atoms with Crippen molar-refractivity contribution in [1.82, 2.24) is 4.98 Å². The number of hydrazine groups is 1. The van der Waals surface area contributed by atoms with Crippen molar-refractivity contribution in [3.05, 3.63) is 76.5 Å². The minimum Gasteiger partial charge on any atom is -0.395 e. The summed E-state index contributed by atoms with van der Waals surface area (Å²) in [5.41, 5.74) is 20.1. The van der Waals surface area contributed by atoms with E-state index in [9.17, 15) is 17.4 Å². The lowest BCUT2D eigenvalue weighted by atomic mass is 10.1. The van der Waals surface area contributed by atoms with E-state index in [1.807, 2.05) is 0 Å². The molecule has 2 aromatic carbocycles. The lowest BCUT2D eigenvalue weighted by molar-refractivity contribution is 0.482. The zero-order chi connectivity index (χ0) is 22.2. The largest absolute Gasteiger partial charge is 0.395 e. The van der Waals surface area contributed by atoms with Gasteiger partial charge in [0.05, 0.1) is 40.4 Å². The average Bonchev–Trinajstić information content (AvgIpc) is 2.73. The molecule has 2 heterocycles. The maximum atomic E-state index is 13.3. The van der Waals surface area contributed by atoms with Gasteiger partial charge in [-0.05, 0) is 54.6 Å². The molecule has 0 radical (unpaired) electrons. The molecule has 3 aromatic rings. The standard InChI is InChI=1S/C21H16FN5O3S/c1-12-9-13(22)4-6-15(12)17-7-5-14(11-25-17)26-27-18-10-19(31(28,29)30)16-3-2-8-24-21(16)20(18)23/h4-11,26-27H,23H2,1H3,(H,28,29,30). The smallest absolute Gasteiger partial charge is 0.295 e. The van der Waals surface area contributed by atoms with Gasteiger partial charge in [-0.15, -0.1) is 0 Å². The van der Waals surface area contributed by atoms with Gasteiger partial charge in [-0.25, -0.2) is 9.38 Å². The monoisotopic (exact) mass is 437 g/mol. The third-order valence-electron chi connectivity index (χ3n) is 4.61. The Hall–Kier alpha value is -3.94. The summed E-state index contributed by atoms with van der Waals surface area (Å²) in [6.45, 7) is 1.80. The second-order valence-electron chi connectivity index (χ2n) is 6.70. The van der Waals surface area contributed by atoms with Crippen LogP contribution in [-0.4, -0.2) is 18.0 Å². The number of halogens is 1. The maximum absolute atomic E-state index is 13.3. The van der Waals surface area contributed by atoms with Crippen LogP contribution in [0.1, 0.15) is 5.56 Å². The van der Waals surface area contributed by atoms with E-state index in [-0.39, 0.29) is 27.8 Å². The number of benzene rings is 2. The highest BCUT2D eigenvalue weighted by atomic mass is 32.2. The van der Waals surface area contributed by atoms with Crippen LogP contribution in [0.3, 0.4) is 0 Å². The van der Waals surface area contributed by atoms with Crippen molar-refractivity contribution in [1.29, 1.82) is 0 Å². The fourth-order valence-electron chi connectivity index (χ4n) is 3.10. The molecule has 8 nitrogen and oxygen atoms in total. The highest BCUT2D eigenvalue weighted by molar-refractivity contribution is 7.85. The van der Waals surface area contributed by atoms with Crippen molar-refractivity contribution < 1.29 is 17.4 Å². The van der Waals surface area contributed by atoms with Crippen LogP contribution in [0.2, 0.25) is 0 Å². The quantitative estimate of drug-likeness (QED) is 0.208. The maximum Gasteiger partial charge on any atom is 0.295 e. The van der Waals surface area contributed by atoms with Gasteiger partial charge < -0.3 is 5.73 Å². The zero-order valence-corrected chi connectivity index (χ0v) is 17.0. The number of hydrogen-bond acceptors (Lipinski definition) is 7. The molecule has 0 saturated carbocycles. The Bertz CT molecular complexity index is 1510. The minimum atomic E-state index is -4.55. The van der Waals surface area contributed by atoms with E-state index in [2.05, 4.69) is 32.3 Å². The van der Waals surface area contributed by atoms with E-state index >= 15 is 0 Å². The Kier molecular flexibility index (Phi) is 5.06. The topological polar surface area (TPSA) is 130 Å². The molecule has 1 aliphatic heterocycles. The summed E-state index contributed by atoms with van der Waals surface area (Å²) in [5.74, 6) is -0.314. The summed E-state index contributed by atoms with van der Waals surface area (Å²) in [6.07, 6.45) is 2.84. The molecule has 0 amide bonds. The molecule has 0 aliphatic carbocycles. The Morgan fingerprint density at radius 1 is 1.16 bits per heavy atom. The third kappa shape index (κ3) is 4.05. The Labute approximate surface area is 176 Å². The Balaban J connectivity index is 1.63. The number of nitrogens with zero attached hydrogens (tertiary/aromatic N) is 2. The number of rotatable bonds is 5. The van der Waals surface area contributed by atoms with Gasteiger partial charge in [-0.1, -0.05) is 5.73 Å². The van der Waals surface area contributed by atoms with Crippen molar-refractivity contribution in [2.75, 3.05) is 16.6 Å². The third-order valence-corrected chi connectivity index (χ3v) is 5.48. The molecule has 0 bridgehead atoms. The van der Waals surface area contributed by atoms with Crippen LogP contribution in [0.15, 0.2) is 64.4 Å². The first-order valence-electron chi connectivity index (χ1n) is 8.96. The first kappa shape index (κ1) is 20.3. The van der Waals surface area contributed by atoms with Crippen LogP contribution < -0.4 is 27.2 Å². The molecule has 0 fully saturated rings. The SMILES string of the molecule is Cc1cc(F)ccc1-c1ccc(NNc2cc(S(=O)(=O)O)c3c(c2N)=NC=C=C=3)cn1. The van der Waals surface area contributed by atoms with Crippen LogP contribution in [0.5, 0.6) is 0 Å². The normalized spacial score (nSPS) is 12.0. The molecule has 31 heavy (non-hydrogen) atoms. The Morgan fingerprint density at radius 3 is 2.65 bits per heavy atom. The summed E-state index contributed by atoms with van der Waals surface area (Å²) in [7, 11) is -4.55. The van der Waals surface area contributed by atoms with E-state index < -0.39 is 15.0 Å². The van der Waals surface area contributed by atoms with Crippen molar-refractivity contribution in [3.8, 4) is 11.3 Å². The van der Waals surface area contributed by atoms with Gasteiger partial charge in [0.25, 0.3) is 10.1 Å². The van der Waals surface area contributed by atoms with Gasteiger partial charge in [0.1, 0.15) is 16.1 Å². The summed E-state index contributed by atoms with van der Waals surface area (Å²) in [6, 6.07) is 9.13. The molecule has 0 unspecified atom stereocenters. The van der Waals surface area contributed by atoms with Gasteiger partial charge in [-0.2, -0.15) is 8.42 Å². The highest BCUT2D eigenvalue weighted by Crippen LogP contribution is 2.23. The predicted molar refractivity (Wildman–Crippen MR) is 115 cm³/mol. The second-order valence-corrected chi connectivity index (χ2v) is 8.09. The first-order valence-corrected chi connectivity index (χ1v) is 10.4. The van der Waals surface area contributed by atoms with Crippen molar-refractivity contribution in [2.24, 2.45) is 4.99 Å². The molecule has 10 heteroatoms. The van der Waals surface area contributed by atoms with E-state index in [4.69, 9.17) is 5.73 Å². The summed E-state index contributed by atoms with van der Waals surface area (Å²) < 4.78 is 46.4. The van der Waals surface area contributed by atoms with Gasteiger partial charge >= 0.3 is 0 Å². The van der Waals surface area contributed by atoms with E-state index in [1.165, 1.54) is 24.4 Å². The van der Waals surface area contributed by atoms with Gasteiger partial charge in [-0.3, -0.25) is 20.4 Å². The molecular weight excluding hydrogens is 421 g/mol. The first-order chi connectivity index (χ1) is 14.7.